The molecule has 0 radical (unpaired) electrons. The van der Waals surface area contributed by atoms with Gasteiger partial charge >= 0.3 is 0 Å². The van der Waals surface area contributed by atoms with E-state index in [1.54, 1.807) is 6.92 Å². The summed E-state index contributed by atoms with van der Waals surface area (Å²) in [5.74, 6) is 0.786. The van der Waals surface area contributed by atoms with Crippen LogP contribution in [0.15, 0.2) is 0 Å². The lowest BCUT2D eigenvalue weighted by Gasteiger charge is -2.37. The molecule has 6 nitrogen and oxygen atoms in total. The number of carbonyl (C=O) groups is 1. The SMILES string of the molecule is CCC1COC(C)CN1C(=O)c1n[nH]c(C)n1. The molecule has 2 unspecified atom stereocenters. The Balaban J connectivity index is 2.16. The van der Waals surface area contributed by atoms with Crippen molar-refractivity contribution in [3.8, 4) is 0 Å². The fourth-order valence-electron chi connectivity index (χ4n) is 2.00. The first-order valence-corrected chi connectivity index (χ1v) is 5.93. The molecule has 1 N–H and O–H groups in total. The maximum absolute atomic E-state index is 12.3. The quantitative estimate of drug-likeness (QED) is 0.825. The number of hydrogen-bond donors (Lipinski definition) is 1. The number of H-pyrrole nitrogens is 1. The molecule has 0 spiro atoms. The predicted molar refractivity (Wildman–Crippen MR) is 61.6 cm³/mol. The van der Waals surface area contributed by atoms with Gasteiger partial charge in [0.05, 0.1) is 18.8 Å². The lowest BCUT2D eigenvalue weighted by molar-refractivity contribution is -0.0447. The van der Waals surface area contributed by atoms with Crippen LogP contribution in [0.2, 0.25) is 0 Å². The molecule has 1 aromatic heterocycles. The van der Waals surface area contributed by atoms with Gasteiger partial charge in [-0.15, -0.1) is 5.10 Å². The molecule has 1 amide bonds. The van der Waals surface area contributed by atoms with Gasteiger partial charge in [0, 0.05) is 6.54 Å². The molecule has 2 heterocycles. The summed E-state index contributed by atoms with van der Waals surface area (Å²) in [6, 6.07) is 0.123. The van der Waals surface area contributed by atoms with E-state index in [1.807, 2.05) is 18.7 Å². The van der Waals surface area contributed by atoms with E-state index >= 15 is 0 Å². The number of amides is 1. The molecular weight excluding hydrogens is 220 g/mol. The second-order valence-corrected chi connectivity index (χ2v) is 4.41. The topological polar surface area (TPSA) is 71.1 Å². The molecule has 2 rings (SSSR count). The van der Waals surface area contributed by atoms with Crippen molar-refractivity contribution in [1.29, 1.82) is 0 Å². The van der Waals surface area contributed by atoms with Gasteiger partial charge in [-0.1, -0.05) is 6.92 Å². The molecule has 0 aliphatic carbocycles. The van der Waals surface area contributed by atoms with Crippen LogP contribution in [-0.4, -0.2) is 51.3 Å². The summed E-state index contributed by atoms with van der Waals surface area (Å²) in [7, 11) is 0. The molecule has 0 bridgehead atoms. The van der Waals surface area contributed by atoms with Crippen LogP contribution in [0, 0.1) is 6.92 Å². The van der Waals surface area contributed by atoms with Crippen LogP contribution in [0.3, 0.4) is 0 Å². The van der Waals surface area contributed by atoms with E-state index in [0.717, 1.165) is 6.42 Å². The average Bonchev–Trinajstić information content (AvgIpc) is 2.75. The average molecular weight is 238 g/mol. The van der Waals surface area contributed by atoms with Crippen LogP contribution >= 0.6 is 0 Å². The number of morpholine rings is 1. The maximum atomic E-state index is 12.3. The maximum Gasteiger partial charge on any atom is 0.293 e. The van der Waals surface area contributed by atoms with Crippen LogP contribution in [0.5, 0.6) is 0 Å². The van der Waals surface area contributed by atoms with E-state index in [0.29, 0.717) is 19.0 Å². The van der Waals surface area contributed by atoms with Crippen LogP contribution in [0.1, 0.15) is 36.7 Å². The number of carbonyl (C=O) groups excluding carboxylic acids is 1. The van der Waals surface area contributed by atoms with Crippen LogP contribution in [-0.2, 0) is 4.74 Å². The molecule has 1 saturated heterocycles. The summed E-state index contributed by atoms with van der Waals surface area (Å²) >= 11 is 0. The molecule has 17 heavy (non-hydrogen) atoms. The minimum atomic E-state index is -0.114. The highest BCUT2D eigenvalue weighted by atomic mass is 16.5. The molecule has 1 aromatic rings. The standard InChI is InChI=1S/C11H18N4O2/c1-4-9-6-17-7(2)5-15(9)11(16)10-12-8(3)13-14-10/h7,9H,4-6H2,1-3H3,(H,12,13,14). The van der Waals surface area contributed by atoms with Gasteiger partial charge in [0.25, 0.3) is 5.91 Å². The number of hydrogen-bond acceptors (Lipinski definition) is 4. The second-order valence-electron chi connectivity index (χ2n) is 4.41. The Hall–Kier alpha value is -1.43. The van der Waals surface area contributed by atoms with E-state index in [2.05, 4.69) is 15.2 Å². The van der Waals surface area contributed by atoms with Crippen LogP contribution in [0.25, 0.3) is 0 Å². The van der Waals surface area contributed by atoms with E-state index in [9.17, 15) is 4.79 Å². The normalized spacial score (nSPS) is 25.0. The van der Waals surface area contributed by atoms with Gasteiger partial charge in [-0.25, -0.2) is 4.98 Å². The van der Waals surface area contributed by atoms with E-state index in [1.165, 1.54) is 0 Å². The Morgan fingerprint density at radius 1 is 1.65 bits per heavy atom. The Kier molecular flexibility index (Phi) is 3.42. The Labute approximate surface area is 100 Å². The highest BCUT2D eigenvalue weighted by molar-refractivity contribution is 5.90. The number of rotatable bonds is 2. The third-order valence-electron chi connectivity index (χ3n) is 2.99. The van der Waals surface area contributed by atoms with Crippen LogP contribution < -0.4 is 0 Å². The third kappa shape index (κ3) is 2.46. The number of ether oxygens (including phenoxy) is 1. The van der Waals surface area contributed by atoms with Crippen molar-refractivity contribution in [3.63, 3.8) is 0 Å². The molecule has 1 aliphatic rings. The second kappa shape index (κ2) is 4.83. The predicted octanol–water partition coefficient (Wildman–Crippen LogP) is 0.753. The van der Waals surface area contributed by atoms with Gasteiger partial charge in [0.1, 0.15) is 5.82 Å². The van der Waals surface area contributed by atoms with Crippen molar-refractivity contribution in [2.45, 2.75) is 39.3 Å². The first-order chi connectivity index (χ1) is 8.11. The van der Waals surface area contributed by atoms with Crippen molar-refractivity contribution in [2.24, 2.45) is 0 Å². The monoisotopic (exact) mass is 238 g/mol. The summed E-state index contributed by atoms with van der Waals surface area (Å²) in [5, 5.41) is 6.61. The Bertz CT molecular complexity index is 404. The van der Waals surface area contributed by atoms with Crippen molar-refractivity contribution < 1.29 is 9.53 Å². The molecule has 0 saturated carbocycles. The number of aromatic amines is 1. The molecule has 1 fully saturated rings. The zero-order chi connectivity index (χ0) is 12.4. The Morgan fingerprint density at radius 2 is 2.41 bits per heavy atom. The summed E-state index contributed by atoms with van der Waals surface area (Å²) in [6.07, 6.45) is 0.948. The smallest absolute Gasteiger partial charge is 0.293 e. The first-order valence-electron chi connectivity index (χ1n) is 5.93. The van der Waals surface area contributed by atoms with Gasteiger partial charge in [0.15, 0.2) is 0 Å². The summed E-state index contributed by atoms with van der Waals surface area (Å²) in [6.45, 7) is 6.99. The van der Waals surface area contributed by atoms with Crippen LogP contribution in [0.4, 0.5) is 0 Å². The summed E-state index contributed by atoms with van der Waals surface area (Å²) in [4.78, 5) is 18.2. The lowest BCUT2D eigenvalue weighted by Crippen LogP contribution is -2.51. The van der Waals surface area contributed by atoms with Gasteiger partial charge in [-0.05, 0) is 20.3 Å². The number of nitrogens with one attached hydrogen (secondary N) is 1. The summed E-state index contributed by atoms with van der Waals surface area (Å²) < 4.78 is 5.56. The van der Waals surface area contributed by atoms with E-state index < -0.39 is 0 Å². The Morgan fingerprint density at radius 3 is 3.00 bits per heavy atom. The zero-order valence-electron chi connectivity index (χ0n) is 10.4. The number of nitrogens with zero attached hydrogens (tertiary/aromatic N) is 3. The molecular formula is C11H18N4O2. The fourth-order valence-corrected chi connectivity index (χ4v) is 2.00. The third-order valence-corrected chi connectivity index (χ3v) is 2.99. The van der Waals surface area contributed by atoms with Crippen molar-refractivity contribution in [2.75, 3.05) is 13.2 Å². The van der Waals surface area contributed by atoms with Gasteiger partial charge in [-0.2, -0.15) is 0 Å². The van der Waals surface area contributed by atoms with Gasteiger partial charge < -0.3 is 9.64 Å². The highest BCUT2D eigenvalue weighted by Gasteiger charge is 2.31. The molecule has 1 aliphatic heterocycles. The van der Waals surface area contributed by atoms with Crippen molar-refractivity contribution in [1.82, 2.24) is 20.1 Å². The van der Waals surface area contributed by atoms with E-state index in [-0.39, 0.29) is 23.9 Å². The van der Waals surface area contributed by atoms with Crippen molar-refractivity contribution >= 4 is 5.91 Å². The first kappa shape index (κ1) is 12.0. The minimum Gasteiger partial charge on any atom is -0.375 e. The number of aromatic nitrogens is 3. The molecule has 2 atom stereocenters. The van der Waals surface area contributed by atoms with Gasteiger partial charge in [0.2, 0.25) is 5.82 Å². The minimum absolute atomic E-state index is 0.0711. The fraction of sp³-hybridized carbons (Fsp3) is 0.727. The zero-order valence-corrected chi connectivity index (χ0v) is 10.4. The van der Waals surface area contributed by atoms with Gasteiger partial charge in [-0.3, -0.25) is 9.89 Å². The molecule has 0 aromatic carbocycles. The lowest BCUT2D eigenvalue weighted by atomic mass is 10.1. The number of aryl methyl sites for hydroxylation is 1. The largest absolute Gasteiger partial charge is 0.375 e. The molecule has 94 valence electrons. The summed E-state index contributed by atoms with van der Waals surface area (Å²) in [5.41, 5.74) is 0. The highest BCUT2D eigenvalue weighted by Crippen LogP contribution is 2.16. The van der Waals surface area contributed by atoms with E-state index in [4.69, 9.17) is 4.74 Å². The molecule has 6 heteroatoms. The van der Waals surface area contributed by atoms with Crippen molar-refractivity contribution in [3.05, 3.63) is 11.6 Å².